The molecule has 4 rings (SSSR count). The fraction of sp³-hybridized carbons (Fsp3) is 0.280. The highest BCUT2D eigenvalue weighted by Crippen LogP contribution is 2.35. The van der Waals surface area contributed by atoms with E-state index in [1.165, 1.54) is 59.9 Å². The maximum absolute atomic E-state index is 10.7. The first-order valence-corrected chi connectivity index (χ1v) is 11.9. The van der Waals surface area contributed by atoms with Gasteiger partial charge < -0.3 is 0 Å². The Morgan fingerprint density at radius 1 is 0.697 bits per heavy atom. The van der Waals surface area contributed by atoms with Crippen LogP contribution >= 0.6 is 13.5 Å². The lowest BCUT2D eigenvalue weighted by atomic mass is 9.83. The highest BCUT2D eigenvalue weighted by molar-refractivity contribution is 7.86. The van der Waals surface area contributed by atoms with E-state index >= 15 is 0 Å². The van der Waals surface area contributed by atoms with E-state index in [9.17, 15) is 13.2 Å². The molecule has 3 aromatic carbocycles. The van der Waals surface area contributed by atoms with Gasteiger partial charge in [0, 0.05) is 0 Å². The van der Waals surface area contributed by atoms with Crippen molar-refractivity contribution in [1.82, 2.24) is 0 Å². The van der Waals surface area contributed by atoms with Crippen LogP contribution in [0.15, 0.2) is 78.9 Å². The van der Waals surface area contributed by atoms with Gasteiger partial charge >= 0.3 is 15.6 Å². The lowest BCUT2D eigenvalue weighted by Gasteiger charge is -2.22. The van der Waals surface area contributed by atoms with Gasteiger partial charge in [-0.15, -0.1) is 0 Å². The molecule has 0 unspecified atom stereocenters. The van der Waals surface area contributed by atoms with Gasteiger partial charge in [0.25, 0.3) is 0 Å². The summed E-state index contributed by atoms with van der Waals surface area (Å²) in [6.07, 6.45) is 6.92. The zero-order valence-electron chi connectivity index (χ0n) is 17.9. The Balaban J connectivity index is 0.000000372. The average molecular weight is 497 g/mol. The van der Waals surface area contributed by atoms with Gasteiger partial charge in [0.2, 0.25) is 0 Å². The molecule has 1 fully saturated rings. The van der Waals surface area contributed by atoms with Gasteiger partial charge in [-0.05, 0) is 46.6 Å². The fourth-order valence-electron chi connectivity index (χ4n) is 3.98. The molecule has 3 aromatic rings. The quantitative estimate of drug-likeness (QED) is 0.300. The van der Waals surface area contributed by atoms with Gasteiger partial charge in [0.1, 0.15) is 0 Å². The summed E-state index contributed by atoms with van der Waals surface area (Å²) in [6.45, 7) is 0. The third-order valence-electron chi connectivity index (χ3n) is 5.60. The zero-order valence-corrected chi connectivity index (χ0v) is 19.7. The molecule has 0 saturated heterocycles. The molecule has 0 aromatic heterocycles. The van der Waals surface area contributed by atoms with Crippen molar-refractivity contribution < 1.29 is 26.1 Å². The number of alkyl halides is 3. The van der Waals surface area contributed by atoms with Crippen LogP contribution < -0.4 is 0 Å². The SMILES string of the molecule is O=S(=O)(O)C(F)(F)F.S.c1ccc(-c2ccccc2-c2ccc(C3CCCCC3)cc2)cc1. The first-order chi connectivity index (χ1) is 15.2. The summed E-state index contributed by atoms with van der Waals surface area (Å²) in [7, 11) is -5.84. The Labute approximate surface area is 199 Å². The molecular weight excluding hydrogens is 469 g/mol. The molecule has 0 atom stereocenters. The van der Waals surface area contributed by atoms with Crippen molar-refractivity contribution >= 4 is 23.6 Å². The van der Waals surface area contributed by atoms with Crippen molar-refractivity contribution in [1.29, 1.82) is 0 Å². The lowest BCUT2D eigenvalue weighted by Crippen LogP contribution is -2.21. The van der Waals surface area contributed by atoms with E-state index in [4.69, 9.17) is 13.0 Å². The van der Waals surface area contributed by atoms with Crippen LogP contribution in [0, 0.1) is 0 Å². The molecule has 1 N–H and O–H groups in total. The molecule has 0 bridgehead atoms. The summed E-state index contributed by atoms with van der Waals surface area (Å²) in [6, 6.07) is 28.7. The summed E-state index contributed by atoms with van der Waals surface area (Å²) in [5.41, 5.74) is 1.21. The molecule has 8 heteroatoms. The molecule has 0 heterocycles. The average Bonchev–Trinajstić information content (AvgIpc) is 2.79. The maximum atomic E-state index is 10.7. The second kappa shape index (κ2) is 11.7. The smallest absolute Gasteiger partial charge is 0.279 e. The summed E-state index contributed by atoms with van der Waals surface area (Å²) < 4.78 is 57.5. The summed E-state index contributed by atoms with van der Waals surface area (Å²) in [5.74, 6) is 0.775. The van der Waals surface area contributed by atoms with Crippen molar-refractivity contribution in [2.75, 3.05) is 0 Å². The van der Waals surface area contributed by atoms with Crippen molar-refractivity contribution in [2.24, 2.45) is 0 Å². The number of hydrogen-bond donors (Lipinski definition) is 1. The Kier molecular flexibility index (Phi) is 9.57. The van der Waals surface area contributed by atoms with Crippen LogP contribution in [-0.4, -0.2) is 18.5 Å². The molecule has 178 valence electrons. The van der Waals surface area contributed by atoms with Crippen molar-refractivity contribution in [3.8, 4) is 22.3 Å². The Bertz CT molecular complexity index is 1110. The van der Waals surface area contributed by atoms with E-state index in [0.717, 1.165) is 5.92 Å². The standard InChI is InChI=1S/C24H24.CHF3O3S.H2S/c1-3-9-19(10-4-1)20-15-17-22(18-16-20)24-14-8-7-13-23(24)21-11-5-2-6-12-21;2-1(3,4)8(5,6)7;/h2,5-8,11-19H,1,3-4,9-10H2;(H,5,6,7);1H2. The van der Waals surface area contributed by atoms with Gasteiger partial charge in [0.15, 0.2) is 0 Å². The Morgan fingerprint density at radius 3 is 1.58 bits per heavy atom. The van der Waals surface area contributed by atoms with Crippen LogP contribution in [0.4, 0.5) is 13.2 Å². The normalized spacial score (nSPS) is 14.5. The van der Waals surface area contributed by atoms with E-state index < -0.39 is 15.6 Å². The van der Waals surface area contributed by atoms with Crippen LogP contribution in [0.25, 0.3) is 22.3 Å². The minimum absolute atomic E-state index is 0. The molecule has 1 saturated carbocycles. The largest absolute Gasteiger partial charge is 0.522 e. The van der Waals surface area contributed by atoms with Gasteiger partial charge in [-0.3, -0.25) is 4.55 Å². The molecule has 33 heavy (non-hydrogen) atoms. The molecule has 1 aliphatic carbocycles. The monoisotopic (exact) mass is 496 g/mol. The minimum Gasteiger partial charge on any atom is -0.279 e. The lowest BCUT2D eigenvalue weighted by molar-refractivity contribution is -0.0510. The van der Waals surface area contributed by atoms with Crippen LogP contribution in [0.1, 0.15) is 43.6 Å². The first-order valence-electron chi connectivity index (χ1n) is 10.5. The Hall–Kier alpha value is -2.29. The van der Waals surface area contributed by atoms with Crippen molar-refractivity contribution in [2.45, 2.75) is 43.5 Å². The predicted molar refractivity (Wildman–Crippen MR) is 131 cm³/mol. The highest BCUT2D eigenvalue weighted by atomic mass is 32.2. The van der Waals surface area contributed by atoms with Crippen LogP contribution in [0.5, 0.6) is 0 Å². The van der Waals surface area contributed by atoms with E-state index in [0.29, 0.717) is 0 Å². The number of benzene rings is 3. The summed E-state index contributed by atoms with van der Waals surface area (Å²) in [4.78, 5) is 0. The third kappa shape index (κ3) is 7.35. The first kappa shape index (κ1) is 27.0. The van der Waals surface area contributed by atoms with Crippen LogP contribution in [0.2, 0.25) is 0 Å². The molecular formula is C25H27F3O3S2. The predicted octanol–water partition coefficient (Wildman–Crippen LogP) is 7.58. The third-order valence-corrected chi connectivity index (χ3v) is 6.19. The van der Waals surface area contributed by atoms with E-state index in [-0.39, 0.29) is 13.5 Å². The topological polar surface area (TPSA) is 54.4 Å². The fourth-order valence-corrected chi connectivity index (χ4v) is 3.98. The second-order valence-electron chi connectivity index (χ2n) is 7.79. The molecule has 1 aliphatic rings. The van der Waals surface area contributed by atoms with Gasteiger partial charge in [-0.1, -0.05) is 98.1 Å². The molecule has 0 spiro atoms. The molecule has 0 aliphatic heterocycles. The number of hydrogen-bond acceptors (Lipinski definition) is 2. The molecule has 3 nitrogen and oxygen atoms in total. The van der Waals surface area contributed by atoms with E-state index in [1.54, 1.807) is 0 Å². The second-order valence-corrected chi connectivity index (χ2v) is 9.20. The maximum Gasteiger partial charge on any atom is 0.522 e. The highest BCUT2D eigenvalue weighted by Gasteiger charge is 2.44. The van der Waals surface area contributed by atoms with E-state index in [2.05, 4.69) is 78.9 Å². The van der Waals surface area contributed by atoms with Gasteiger partial charge in [-0.2, -0.15) is 35.1 Å². The van der Waals surface area contributed by atoms with Crippen molar-refractivity contribution in [3.63, 3.8) is 0 Å². The van der Waals surface area contributed by atoms with Crippen LogP contribution in [0.3, 0.4) is 0 Å². The summed E-state index contributed by atoms with van der Waals surface area (Å²) in [5, 5.41) is 0. The van der Waals surface area contributed by atoms with Crippen LogP contribution in [-0.2, 0) is 10.1 Å². The zero-order chi connectivity index (χ0) is 23.2. The van der Waals surface area contributed by atoms with Crippen molar-refractivity contribution in [3.05, 3.63) is 84.4 Å². The number of rotatable bonds is 3. The summed E-state index contributed by atoms with van der Waals surface area (Å²) >= 11 is 0. The minimum atomic E-state index is -5.84. The molecule has 0 amide bonds. The number of halogens is 3. The van der Waals surface area contributed by atoms with Gasteiger partial charge in [-0.25, -0.2) is 0 Å². The van der Waals surface area contributed by atoms with Gasteiger partial charge in [0.05, 0.1) is 0 Å². The molecule has 0 radical (unpaired) electrons. The van der Waals surface area contributed by atoms with E-state index in [1.807, 2.05) is 0 Å². The Morgan fingerprint density at radius 2 is 1.12 bits per heavy atom.